The second kappa shape index (κ2) is 8.36. The molecule has 6 nitrogen and oxygen atoms in total. The van der Waals surface area contributed by atoms with E-state index in [-0.39, 0.29) is 18.0 Å². The molecule has 2 aromatic carbocycles. The maximum atomic E-state index is 12.3. The van der Waals surface area contributed by atoms with E-state index in [1.807, 2.05) is 12.1 Å². The van der Waals surface area contributed by atoms with Gasteiger partial charge in [-0.2, -0.15) is 0 Å². The standard InChI is InChI=1S/C16H18BrNO5S/c1-21-14-8-7-12(11-13(14)17)24(19,20)18-9-10-23-16-6-4-3-5-15(16)22-2/h3-8,11,18H,9-10H2,1-2H3. The van der Waals surface area contributed by atoms with E-state index in [0.717, 1.165) is 0 Å². The van der Waals surface area contributed by atoms with Gasteiger partial charge in [-0.3, -0.25) is 0 Å². The monoisotopic (exact) mass is 415 g/mol. The van der Waals surface area contributed by atoms with E-state index >= 15 is 0 Å². The van der Waals surface area contributed by atoms with E-state index in [9.17, 15) is 8.42 Å². The Morgan fingerprint density at radius 2 is 1.67 bits per heavy atom. The Balaban J connectivity index is 1.94. The van der Waals surface area contributed by atoms with Crippen molar-refractivity contribution in [2.75, 3.05) is 27.4 Å². The summed E-state index contributed by atoms with van der Waals surface area (Å²) in [6.45, 7) is 0.307. The van der Waals surface area contributed by atoms with Gasteiger partial charge in [0.15, 0.2) is 11.5 Å². The van der Waals surface area contributed by atoms with E-state index in [4.69, 9.17) is 14.2 Å². The maximum Gasteiger partial charge on any atom is 0.240 e. The van der Waals surface area contributed by atoms with Gasteiger partial charge in [0.25, 0.3) is 0 Å². The molecule has 0 aliphatic heterocycles. The van der Waals surface area contributed by atoms with Gasteiger partial charge in [0.2, 0.25) is 10.0 Å². The van der Waals surface area contributed by atoms with Crippen LogP contribution >= 0.6 is 15.9 Å². The van der Waals surface area contributed by atoms with Crippen LogP contribution in [0.5, 0.6) is 17.2 Å². The van der Waals surface area contributed by atoms with Crippen LogP contribution in [0.25, 0.3) is 0 Å². The molecule has 24 heavy (non-hydrogen) atoms. The second-order valence-corrected chi connectivity index (χ2v) is 7.31. The predicted octanol–water partition coefficient (Wildman–Crippen LogP) is 2.82. The minimum absolute atomic E-state index is 0.129. The van der Waals surface area contributed by atoms with Crippen LogP contribution in [0.3, 0.4) is 0 Å². The van der Waals surface area contributed by atoms with Gasteiger partial charge in [-0.05, 0) is 46.3 Å². The Bertz CT molecular complexity index is 795. The fourth-order valence-electron chi connectivity index (χ4n) is 1.97. The maximum absolute atomic E-state index is 12.3. The number of benzene rings is 2. The van der Waals surface area contributed by atoms with Crippen LogP contribution in [0.2, 0.25) is 0 Å². The van der Waals surface area contributed by atoms with Gasteiger partial charge in [-0.15, -0.1) is 0 Å². The largest absolute Gasteiger partial charge is 0.496 e. The van der Waals surface area contributed by atoms with Crippen LogP contribution < -0.4 is 18.9 Å². The third-order valence-corrected chi connectivity index (χ3v) is 5.23. The smallest absolute Gasteiger partial charge is 0.240 e. The van der Waals surface area contributed by atoms with Crippen LogP contribution in [0.15, 0.2) is 51.8 Å². The van der Waals surface area contributed by atoms with Crippen molar-refractivity contribution >= 4 is 26.0 Å². The number of nitrogens with one attached hydrogen (secondary N) is 1. The zero-order valence-electron chi connectivity index (χ0n) is 13.3. The average molecular weight is 416 g/mol. The Morgan fingerprint density at radius 1 is 1.00 bits per heavy atom. The summed E-state index contributed by atoms with van der Waals surface area (Å²) < 4.78 is 43.4. The molecule has 0 saturated heterocycles. The van der Waals surface area contributed by atoms with Crippen molar-refractivity contribution in [1.29, 1.82) is 0 Å². The molecule has 0 amide bonds. The molecule has 1 N–H and O–H groups in total. The summed E-state index contributed by atoms with van der Waals surface area (Å²) in [5.74, 6) is 1.72. The van der Waals surface area contributed by atoms with E-state index in [2.05, 4.69) is 20.7 Å². The molecular formula is C16H18BrNO5S. The van der Waals surface area contributed by atoms with Crippen molar-refractivity contribution in [2.45, 2.75) is 4.90 Å². The minimum atomic E-state index is -3.62. The number of hydrogen-bond donors (Lipinski definition) is 1. The molecule has 0 fully saturated rings. The van der Waals surface area contributed by atoms with Crippen LogP contribution in [-0.4, -0.2) is 35.8 Å². The first-order chi connectivity index (χ1) is 11.5. The molecule has 0 radical (unpaired) electrons. The summed E-state index contributed by atoms with van der Waals surface area (Å²) in [6, 6.07) is 11.7. The number of methoxy groups -OCH3 is 2. The van der Waals surface area contributed by atoms with Crippen molar-refractivity contribution in [1.82, 2.24) is 4.72 Å². The highest BCUT2D eigenvalue weighted by atomic mass is 79.9. The average Bonchev–Trinajstić information content (AvgIpc) is 2.59. The van der Waals surface area contributed by atoms with Crippen molar-refractivity contribution in [3.05, 3.63) is 46.9 Å². The number of hydrogen-bond acceptors (Lipinski definition) is 5. The highest BCUT2D eigenvalue weighted by molar-refractivity contribution is 9.10. The first-order valence-electron chi connectivity index (χ1n) is 7.07. The molecule has 0 heterocycles. The summed E-state index contributed by atoms with van der Waals surface area (Å²) in [5, 5.41) is 0. The van der Waals surface area contributed by atoms with Gasteiger partial charge in [-0.1, -0.05) is 12.1 Å². The minimum Gasteiger partial charge on any atom is -0.496 e. The summed E-state index contributed by atoms with van der Waals surface area (Å²) in [6.07, 6.45) is 0. The predicted molar refractivity (Wildman–Crippen MR) is 94.4 cm³/mol. The molecule has 0 aliphatic rings. The normalized spacial score (nSPS) is 11.1. The lowest BCUT2D eigenvalue weighted by Gasteiger charge is -2.11. The fourth-order valence-corrected chi connectivity index (χ4v) is 3.70. The van der Waals surface area contributed by atoms with Gasteiger partial charge < -0.3 is 14.2 Å². The molecule has 130 valence electrons. The highest BCUT2D eigenvalue weighted by Crippen LogP contribution is 2.27. The third kappa shape index (κ3) is 4.62. The number of ether oxygens (including phenoxy) is 3. The molecule has 0 saturated carbocycles. The quantitative estimate of drug-likeness (QED) is 0.670. The van der Waals surface area contributed by atoms with Gasteiger partial charge in [0.1, 0.15) is 12.4 Å². The van der Waals surface area contributed by atoms with Crippen molar-refractivity contribution in [3.63, 3.8) is 0 Å². The number of rotatable bonds is 8. The lowest BCUT2D eigenvalue weighted by molar-refractivity contribution is 0.298. The lowest BCUT2D eigenvalue weighted by atomic mass is 10.3. The van der Waals surface area contributed by atoms with Crippen LogP contribution in [-0.2, 0) is 10.0 Å². The SMILES string of the molecule is COc1ccc(S(=O)(=O)NCCOc2ccccc2OC)cc1Br. The van der Waals surface area contributed by atoms with Gasteiger partial charge in [0.05, 0.1) is 23.6 Å². The summed E-state index contributed by atoms with van der Waals surface area (Å²) >= 11 is 3.27. The van der Waals surface area contributed by atoms with Crippen LogP contribution in [0.4, 0.5) is 0 Å². The lowest BCUT2D eigenvalue weighted by Crippen LogP contribution is -2.28. The Labute approximate surface area is 149 Å². The molecule has 2 aromatic rings. The van der Waals surface area contributed by atoms with E-state index < -0.39 is 10.0 Å². The topological polar surface area (TPSA) is 73.9 Å². The fraction of sp³-hybridized carbons (Fsp3) is 0.250. The van der Waals surface area contributed by atoms with Gasteiger partial charge in [-0.25, -0.2) is 13.1 Å². The Morgan fingerprint density at radius 3 is 2.29 bits per heavy atom. The molecule has 0 unspecified atom stereocenters. The molecular weight excluding hydrogens is 398 g/mol. The molecule has 0 aliphatic carbocycles. The molecule has 0 aromatic heterocycles. The van der Waals surface area contributed by atoms with Gasteiger partial charge >= 0.3 is 0 Å². The van der Waals surface area contributed by atoms with Crippen molar-refractivity contribution < 1.29 is 22.6 Å². The summed E-state index contributed by atoms with van der Waals surface area (Å²) in [5.41, 5.74) is 0. The molecule has 0 bridgehead atoms. The van der Waals surface area contributed by atoms with E-state index in [1.165, 1.54) is 19.2 Å². The van der Waals surface area contributed by atoms with E-state index in [0.29, 0.717) is 21.7 Å². The number of sulfonamides is 1. The Hall–Kier alpha value is -1.77. The van der Waals surface area contributed by atoms with Crippen molar-refractivity contribution in [2.24, 2.45) is 0 Å². The van der Waals surface area contributed by atoms with Crippen LogP contribution in [0.1, 0.15) is 0 Å². The third-order valence-electron chi connectivity index (χ3n) is 3.15. The molecule has 8 heteroatoms. The number of halogens is 1. The second-order valence-electron chi connectivity index (χ2n) is 4.69. The highest BCUT2D eigenvalue weighted by Gasteiger charge is 2.15. The Kier molecular flexibility index (Phi) is 6.47. The summed E-state index contributed by atoms with van der Waals surface area (Å²) in [4.78, 5) is 0.146. The van der Waals surface area contributed by atoms with Crippen LogP contribution in [0, 0.1) is 0 Å². The zero-order chi connectivity index (χ0) is 17.6. The zero-order valence-corrected chi connectivity index (χ0v) is 15.7. The molecule has 2 rings (SSSR count). The summed E-state index contributed by atoms with van der Waals surface area (Å²) in [7, 11) is -0.561. The molecule has 0 atom stereocenters. The van der Waals surface area contributed by atoms with Gasteiger partial charge in [0, 0.05) is 6.54 Å². The first kappa shape index (κ1) is 18.6. The molecule has 0 spiro atoms. The first-order valence-corrected chi connectivity index (χ1v) is 9.34. The van der Waals surface area contributed by atoms with Crippen molar-refractivity contribution in [3.8, 4) is 17.2 Å². The number of para-hydroxylation sites is 2. The van der Waals surface area contributed by atoms with E-state index in [1.54, 1.807) is 25.3 Å².